The predicted molar refractivity (Wildman–Crippen MR) is 53.7 cm³/mol. The van der Waals surface area contributed by atoms with Crippen LogP contribution < -0.4 is 5.73 Å². The second kappa shape index (κ2) is 3.89. The van der Waals surface area contributed by atoms with E-state index in [0.29, 0.717) is 18.6 Å². The van der Waals surface area contributed by atoms with E-state index in [9.17, 15) is 4.39 Å². The number of rotatable bonds is 2. The molecule has 1 saturated heterocycles. The normalized spacial score (nSPS) is 30.7. The predicted octanol–water partition coefficient (Wildman–Crippen LogP) is 0.761. The molecule has 1 fully saturated rings. The molecule has 4 heteroatoms. The van der Waals surface area contributed by atoms with Gasteiger partial charge in [0, 0.05) is 12.2 Å². The highest BCUT2D eigenvalue weighted by Gasteiger charge is 2.43. The lowest BCUT2D eigenvalue weighted by Crippen LogP contribution is -2.46. The minimum absolute atomic E-state index is 0.190. The van der Waals surface area contributed by atoms with Crippen LogP contribution in [-0.4, -0.2) is 24.4 Å². The van der Waals surface area contributed by atoms with Crippen LogP contribution in [0.4, 0.5) is 4.39 Å². The Bertz CT molecular complexity index is 358. The number of benzene rings is 1. The van der Waals surface area contributed by atoms with Gasteiger partial charge in [-0.05, 0) is 12.5 Å². The summed E-state index contributed by atoms with van der Waals surface area (Å²) in [6.07, 6.45) is 0.00787. The number of halogens is 1. The third-order valence-corrected chi connectivity index (χ3v) is 2.95. The molecule has 1 aliphatic heterocycles. The number of nitrogens with two attached hydrogens (primary N) is 1. The van der Waals surface area contributed by atoms with Gasteiger partial charge in [-0.15, -0.1) is 0 Å². The highest BCUT2D eigenvalue weighted by Crippen LogP contribution is 2.34. The van der Waals surface area contributed by atoms with Crippen molar-refractivity contribution in [2.24, 2.45) is 5.73 Å². The maximum Gasteiger partial charge on any atom is 0.128 e. The molecule has 82 valence electrons. The zero-order valence-electron chi connectivity index (χ0n) is 8.32. The van der Waals surface area contributed by atoms with Crippen LogP contribution in [0.1, 0.15) is 12.0 Å². The van der Waals surface area contributed by atoms with Crippen LogP contribution in [0.2, 0.25) is 0 Å². The molecule has 2 unspecified atom stereocenters. The van der Waals surface area contributed by atoms with E-state index >= 15 is 0 Å². The molecule has 0 saturated carbocycles. The molecule has 0 aromatic heterocycles. The molecule has 0 amide bonds. The molecule has 2 atom stereocenters. The van der Waals surface area contributed by atoms with Crippen LogP contribution in [0.5, 0.6) is 0 Å². The van der Waals surface area contributed by atoms with Crippen molar-refractivity contribution < 1.29 is 14.2 Å². The summed E-state index contributed by atoms with van der Waals surface area (Å²) in [7, 11) is 0. The summed E-state index contributed by atoms with van der Waals surface area (Å²) >= 11 is 0. The van der Waals surface area contributed by atoms with E-state index < -0.39 is 11.6 Å². The van der Waals surface area contributed by atoms with E-state index in [4.69, 9.17) is 15.6 Å². The first-order chi connectivity index (χ1) is 7.18. The Kier molecular flexibility index (Phi) is 2.73. The van der Waals surface area contributed by atoms with Gasteiger partial charge in [-0.1, -0.05) is 18.2 Å². The Balaban J connectivity index is 2.40. The summed E-state index contributed by atoms with van der Waals surface area (Å²) in [4.78, 5) is 0. The summed E-state index contributed by atoms with van der Waals surface area (Å²) in [6, 6.07) is 6.37. The second-order valence-electron chi connectivity index (χ2n) is 3.81. The minimum atomic E-state index is -0.903. The molecule has 0 radical (unpaired) electrons. The van der Waals surface area contributed by atoms with E-state index in [1.165, 1.54) is 6.07 Å². The first kappa shape index (κ1) is 10.5. The van der Waals surface area contributed by atoms with Crippen molar-refractivity contribution in [3.05, 3.63) is 35.6 Å². The van der Waals surface area contributed by atoms with Crippen molar-refractivity contribution in [2.75, 3.05) is 13.2 Å². The third-order valence-electron chi connectivity index (χ3n) is 2.95. The molecule has 15 heavy (non-hydrogen) atoms. The van der Waals surface area contributed by atoms with Gasteiger partial charge in [0.15, 0.2) is 0 Å². The molecule has 1 aromatic rings. The molecule has 1 heterocycles. The SMILES string of the molecule is NC1(c2ccccc2F)CCOC1CO. The van der Waals surface area contributed by atoms with Gasteiger partial charge >= 0.3 is 0 Å². The molecular weight excluding hydrogens is 197 g/mol. The van der Waals surface area contributed by atoms with Crippen LogP contribution in [0, 0.1) is 5.82 Å². The lowest BCUT2D eigenvalue weighted by atomic mass is 9.84. The summed E-state index contributed by atoms with van der Waals surface area (Å²) in [5.41, 5.74) is 5.63. The van der Waals surface area contributed by atoms with Gasteiger partial charge in [0.05, 0.1) is 12.1 Å². The largest absolute Gasteiger partial charge is 0.394 e. The molecule has 1 aromatic carbocycles. The van der Waals surface area contributed by atoms with Crippen LogP contribution >= 0.6 is 0 Å². The Labute approximate surface area is 87.7 Å². The van der Waals surface area contributed by atoms with E-state index in [-0.39, 0.29) is 12.4 Å². The van der Waals surface area contributed by atoms with Crippen molar-refractivity contribution in [1.29, 1.82) is 0 Å². The molecule has 2 rings (SSSR count). The zero-order chi connectivity index (χ0) is 10.9. The number of ether oxygens (including phenoxy) is 1. The van der Waals surface area contributed by atoms with Gasteiger partial charge in [0.1, 0.15) is 11.9 Å². The van der Waals surface area contributed by atoms with E-state index in [1.807, 2.05) is 0 Å². The van der Waals surface area contributed by atoms with E-state index in [0.717, 1.165) is 0 Å². The van der Waals surface area contributed by atoms with Crippen LogP contribution in [-0.2, 0) is 10.3 Å². The highest BCUT2D eigenvalue weighted by molar-refractivity contribution is 5.28. The highest BCUT2D eigenvalue weighted by atomic mass is 19.1. The average Bonchev–Trinajstić information content (AvgIpc) is 2.61. The number of hydrogen-bond acceptors (Lipinski definition) is 3. The van der Waals surface area contributed by atoms with Gasteiger partial charge in [-0.25, -0.2) is 4.39 Å². The van der Waals surface area contributed by atoms with Crippen LogP contribution in [0.25, 0.3) is 0 Å². The fourth-order valence-electron chi connectivity index (χ4n) is 2.04. The van der Waals surface area contributed by atoms with Gasteiger partial charge in [0.2, 0.25) is 0 Å². The fraction of sp³-hybridized carbons (Fsp3) is 0.455. The lowest BCUT2D eigenvalue weighted by Gasteiger charge is -2.29. The third kappa shape index (κ3) is 1.65. The standard InChI is InChI=1S/C11H14FNO2/c12-9-4-2-1-3-8(9)11(13)5-6-15-10(11)7-14/h1-4,10,14H,5-7,13H2. The molecule has 3 nitrogen and oxygen atoms in total. The zero-order valence-corrected chi connectivity index (χ0v) is 8.32. The smallest absolute Gasteiger partial charge is 0.128 e. The van der Waals surface area contributed by atoms with Gasteiger partial charge in [-0.2, -0.15) is 0 Å². The Hall–Kier alpha value is -0.970. The average molecular weight is 211 g/mol. The van der Waals surface area contributed by atoms with Crippen molar-refractivity contribution >= 4 is 0 Å². The quantitative estimate of drug-likeness (QED) is 0.759. The summed E-state index contributed by atoms with van der Waals surface area (Å²) in [5, 5.41) is 9.13. The van der Waals surface area contributed by atoms with Crippen molar-refractivity contribution in [1.82, 2.24) is 0 Å². The van der Waals surface area contributed by atoms with Crippen molar-refractivity contribution in [3.8, 4) is 0 Å². The van der Waals surface area contributed by atoms with Crippen LogP contribution in [0.15, 0.2) is 24.3 Å². The Morgan fingerprint density at radius 1 is 1.53 bits per heavy atom. The number of aliphatic hydroxyl groups is 1. The summed E-state index contributed by atoms with van der Waals surface area (Å²) in [6.45, 7) is 0.265. The number of hydrogen-bond donors (Lipinski definition) is 2. The van der Waals surface area contributed by atoms with Crippen molar-refractivity contribution in [2.45, 2.75) is 18.1 Å². The van der Waals surface area contributed by atoms with E-state index in [2.05, 4.69) is 0 Å². The monoisotopic (exact) mass is 211 g/mol. The lowest BCUT2D eigenvalue weighted by molar-refractivity contribution is 0.0295. The second-order valence-corrected chi connectivity index (χ2v) is 3.81. The molecule has 0 spiro atoms. The molecule has 3 N–H and O–H groups in total. The first-order valence-corrected chi connectivity index (χ1v) is 4.95. The Morgan fingerprint density at radius 2 is 2.27 bits per heavy atom. The fourth-order valence-corrected chi connectivity index (χ4v) is 2.04. The van der Waals surface area contributed by atoms with Crippen molar-refractivity contribution in [3.63, 3.8) is 0 Å². The Morgan fingerprint density at radius 3 is 2.93 bits per heavy atom. The number of aliphatic hydroxyl groups excluding tert-OH is 1. The molecule has 0 bridgehead atoms. The summed E-state index contributed by atoms with van der Waals surface area (Å²) < 4.78 is 18.9. The maximum absolute atomic E-state index is 13.6. The minimum Gasteiger partial charge on any atom is -0.394 e. The van der Waals surface area contributed by atoms with Gasteiger partial charge in [0.25, 0.3) is 0 Å². The van der Waals surface area contributed by atoms with E-state index in [1.54, 1.807) is 18.2 Å². The van der Waals surface area contributed by atoms with Crippen LogP contribution in [0.3, 0.4) is 0 Å². The topological polar surface area (TPSA) is 55.5 Å². The molecule has 1 aliphatic rings. The molecule has 0 aliphatic carbocycles. The van der Waals surface area contributed by atoms with Gasteiger partial charge < -0.3 is 15.6 Å². The van der Waals surface area contributed by atoms with Gasteiger partial charge in [-0.3, -0.25) is 0 Å². The molecular formula is C11H14FNO2. The first-order valence-electron chi connectivity index (χ1n) is 4.95. The summed E-state index contributed by atoms with van der Waals surface area (Å²) in [5.74, 6) is -0.344. The maximum atomic E-state index is 13.6.